The summed E-state index contributed by atoms with van der Waals surface area (Å²) in [7, 11) is 1.64. The second-order valence-electron chi connectivity index (χ2n) is 5.35. The molecule has 0 atom stereocenters. The number of amides is 1. The van der Waals surface area contributed by atoms with Crippen LogP contribution in [0.1, 0.15) is 21.5 Å². The summed E-state index contributed by atoms with van der Waals surface area (Å²) in [6.45, 7) is 1.26. The van der Waals surface area contributed by atoms with E-state index in [0.717, 1.165) is 17.7 Å². The fraction of sp³-hybridized carbons (Fsp3) is 0.235. The molecule has 1 aliphatic heterocycles. The molecule has 0 N–H and O–H groups in total. The van der Waals surface area contributed by atoms with Crippen molar-refractivity contribution >= 4 is 11.6 Å². The highest BCUT2D eigenvalue weighted by molar-refractivity contribution is 5.94. The Bertz CT molecular complexity index is 780. The van der Waals surface area contributed by atoms with Gasteiger partial charge in [-0.3, -0.25) is 4.79 Å². The molecule has 2 aromatic carbocycles. The van der Waals surface area contributed by atoms with Crippen LogP contribution in [0.3, 0.4) is 0 Å². The summed E-state index contributed by atoms with van der Waals surface area (Å²) in [4.78, 5) is 17.2. The van der Waals surface area contributed by atoms with Crippen LogP contribution in [0.2, 0.25) is 0 Å². The smallest absolute Gasteiger partial charge is 0.254 e. The fourth-order valence-corrected chi connectivity index (χ4v) is 2.74. The van der Waals surface area contributed by atoms with E-state index in [0.29, 0.717) is 24.3 Å². The molecule has 3 rings (SSSR count). The Labute approximate surface area is 133 Å². The Morgan fingerprint density at radius 1 is 1.22 bits per heavy atom. The Morgan fingerprint density at radius 3 is 2.70 bits per heavy atom. The Hall–Kier alpha value is -2.98. The number of methoxy groups -OCH3 is 1. The van der Waals surface area contributed by atoms with Gasteiger partial charge < -0.3 is 9.64 Å². The Balaban J connectivity index is 1.79. The number of nitrogens with zero attached hydrogens (tertiary/aromatic N) is 4. The van der Waals surface area contributed by atoms with Crippen molar-refractivity contribution in [3.63, 3.8) is 0 Å². The van der Waals surface area contributed by atoms with E-state index in [4.69, 9.17) is 10.3 Å². The van der Waals surface area contributed by atoms with Crippen LogP contribution in [0, 0.1) is 0 Å². The van der Waals surface area contributed by atoms with E-state index in [1.165, 1.54) is 5.56 Å². The van der Waals surface area contributed by atoms with E-state index < -0.39 is 0 Å². The van der Waals surface area contributed by atoms with Gasteiger partial charge in [-0.1, -0.05) is 23.3 Å². The first-order valence-corrected chi connectivity index (χ1v) is 7.31. The average Bonchev–Trinajstić information content (AvgIpc) is 2.61. The molecule has 0 fully saturated rings. The van der Waals surface area contributed by atoms with Gasteiger partial charge in [0.25, 0.3) is 5.91 Å². The first-order chi connectivity index (χ1) is 11.2. The minimum absolute atomic E-state index is 0.0223. The number of rotatable bonds is 3. The molecule has 0 radical (unpaired) electrons. The zero-order valence-corrected chi connectivity index (χ0v) is 12.8. The summed E-state index contributed by atoms with van der Waals surface area (Å²) in [6.07, 6.45) is 0.835. The fourth-order valence-electron chi connectivity index (χ4n) is 2.74. The van der Waals surface area contributed by atoms with Gasteiger partial charge in [0.15, 0.2) is 0 Å². The maximum Gasteiger partial charge on any atom is 0.254 e. The molecule has 0 saturated carbocycles. The standard InChI is InChI=1S/C17H16N4O2/c1-23-16-7-4-12-8-9-21(11-14(12)10-16)17(22)13-2-5-15(6-3-13)19-20-18/h2-7,10H,8-9,11H2,1H3. The number of carbonyl (C=O) groups is 1. The number of azide groups is 1. The largest absolute Gasteiger partial charge is 0.497 e. The number of ether oxygens (including phenoxy) is 1. The zero-order valence-electron chi connectivity index (χ0n) is 12.8. The number of hydrogen-bond donors (Lipinski definition) is 0. The van der Waals surface area contributed by atoms with Crippen LogP contribution in [-0.2, 0) is 13.0 Å². The van der Waals surface area contributed by atoms with Crippen molar-refractivity contribution in [3.05, 3.63) is 69.6 Å². The maximum absolute atomic E-state index is 12.6. The van der Waals surface area contributed by atoms with Gasteiger partial charge in [-0.25, -0.2) is 0 Å². The number of hydrogen-bond acceptors (Lipinski definition) is 3. The third-order valence-corrected chi connectivity index (χ3v) is 3.99. The van der Waals surface area contributed by atoms with E-state index in [2.05, 4.69) is 16.1 Å². The zero-order chi connectivity index (χ0) is 16.2. The quantitative estimate of drug-likeness (QED) is 0.490. The topological polar surface area (TPSA) is 78.3 Å². The third-order valence-electron chi connectivity index (χ3n) is 3.99. The van der Waals surface area contributed by atoms with Gasteiger partial charge in [0.2, 0.25) is 0 Å². The van der Waals surface area contributed by atoms with Crippen molar-refractivity contribution in [1.29, 1.82) is 0 Å². The van der Waals surface area contributed by atoms with Crippen molar-refractivity contribution in [3.8, 4) is 5.75 Å². The molecule has 6 nitrogen and oxygen atoms in total. The van der Waals surface area contributed by atoms with Crippen molar-refractivity contribution in [2.45, 2.75) is 13.0 Å². The molecule has 0 aromatic heterocycles. The number of benzene rings is 2. The van der Waals surface area contributed by atoms with Crippen LogP contribution in [-0.4, -0.2) is 24.5 Å². The van der Waals surface area contributed by atoms with Crippen LogP contribution in [0.5, 0.6) is 5.75 Å². The highest BCUT2D eigenvalue weighted by Crippen LogP contribution is 2.25. The second kappa shape index (κ2) is 6.42. The Morgan fingerprint density at radius 2 is 2.00 bits per heavy atom. The summed E-state index contributed by atoms with van der Waals surface area (Å²) in [5.41, 5.74) is 11.9. The minimum atomic E-state index is -0.0223. The summed E-state index contributed by atoms with van der Waals surface area (Å²) in [5, 5.41) is 3.51. The van der Waals surface area contributed by atoms with Crippen LogP contribution in [0.15, 0.2) is 47.6 Å². The first-order valence-electron chi connectivity index (χ1n) is 7.31. The third kappa shape index (κ3) is 3.12. The molecule has 1 heterocycles. The normalized spacial score (nSPS) is 13.0. The summed E-state index contributed by atoms with van der Waals surface area (Å²) in [5.74, 6) is 0.780. The number of fused-ring (bicyclic) bond motifs is 1. The van der Waals surface area contributed by atoms with Gasteiger partial charge in [-0.15, -0.1) is 0 Å². The van der Waals surface area contributed by atoms with Gasteiger partial charge in [-0.05, 0) is 47.3 Å². The lowest BCUT2D eigenvalue weighted by molar-refractivity contribution is 0.0734. The second-order valence-corrected chi connectivity index (χ2v) is 5.35. The molecule has 0 saturated heterocycles. The summed E-state index contributed by atoms with van der Waals surface area (Å²) >= 11 is 0. The maximum atomic E-state index is 12.6. The van der Waals surface area contributed by atoms with Gasteiger partial charge in [0.1, 0.15) is 5.75 Å². The van der Waals surface area contributed by atoms with Crippen molar-refractivity contribution in [2.75, 3.05) is 13.7 Å². The average molecular weight is 308 g/mol. The lowest BCUT2D eigenvalue weighted by Gasteiger charge is -2.29. The van der Waals surface area contributed by atoms with E-state index in [-0.39, 0.29) is 5.91 Å². The number of carbonyl (C=O) groups excluding carboxylic acids is 1. The lowest BCUT2D eigenvalue weighted by atomic mass is 9.99. The Kier molecular flexibility index (Phi) is 4.17. The molecule has 116 valence electrons. The van der Waals surface area contributed by atoms with E-state index >= 15 is 0 Å². The molecule has 0 bridgehead atoms. The van der Waals surface area contributed by atoms with Crippen molar-refractivity contribution < 1.29 is 9.53 Å². The monoisotopic (exact) mass is 308 g/mol. The molecular weight excluding hydrogens is 292 g/mol. The lowest BCUT2D eigenvalue weighted by Crippen LogP contribution is -2.35. The van der Waals surface area contributed by atoms with Gasteiger partial charge in [-0.2, -0.15) is 0 Å². The highest BCUT2D eigenvalue weighted by atomic mass is 16.5. The molecular formula is C17H16N4O2. The van der Waals surface area contributed by atoms with Gasteiger partial charge in [0, 0.05) is 29.3 Å². The molecule has 2 aromatic rings. The van der Waals surface area contributed by atoms with Crippen LogP contribution in [0.4, 0.5) is 5.69 Å². The SMILES string of the molecule is COc1ccc2c(c1)CN(C(=O)c1ccc(N=[N+]=[N-])cc1)CC2. The van der Waals surface area contributed by atoms with E-state index in [1.807, 2.05) is 17.0 Å². The predicted molar refractivity (Wildman–Crippen MR) is 86.7 cm³/mol. The molecule has 1 amide bonds. The molecule has 0 unspecified atom stereocenters. The van der Waals surface area contributed by atoms with Crippen LogP contribution >= 0.6 is 0 Å². The van der Waals surface area contributed by atoms with Crippen LogP contribution in [0.25, 0.3) is 10.4 Å². The first kappa shape index (κ1) is 14.9. The van der Waals surface area contributed by atoms with E-state index in [9.17, 15) is 4.79 Å². The predicted octanol–water partition coefficient (Wildman–Crippen LogP) is 3.84. The molecule has 0 aliphatic carbocycles. The molecule has 1 aliphatic rings. The van der Waals surface area contributed by atoms with E-state index in [1.54, 1.807) is 31.4 Å². The van der Waals surface area contributed by atoms with Crippen molar-refractivity contribution in [2.24, 2.45) is 5.11 Å². The van der Waals surface area contributed by atoms with Crippen molar-refractivity contribution in [1.82, 2.24) is 4.90 Å². The summed E-state index contributed by atoms with van der Waals surface area (Å²) in [6, 6.07) is 12.7. The van der Waals surface area contributed by atoms with Crippen LogP contribution < -0.4 is 4.74 Å². The molecule has 6 heteroatoms. The summed E-state index contributed by atoms with van der Waals surface area (Å²) < 4.78 is 5.25. The van der Waals surface area contributed by atoms with Gasteiger partial charge in [0.05, 0.1) is 7.11 Å². The highest BCUT2D eigenvalue weighted by Gasteiger charge is 2.22. The van der Waals surface area contributed by atoms with Gasteiger partial charge >= 0.3 is 0 Å². The minimum Gasteiger partial charge on any atom is -0.497 e. The molecule has 23 heavy (non-hydrogen) atoms. The molecule has 0 spiro atoms.